The topological polar surface area (TPSA) is 24.9 Å². The Morgan fingerprint density at radius 2 is 2.00 bits per heavy atom. The smallest absolute Gasteiger partial charge is 0.113 e. The van der Waals surface area contributed by atoms with Crippen LogP contribution in [-0.4, -0.2) is 11.5 Å². The molecule has 0 bridgehead atoms. The van der Waals surface area contributed by atoms with Crippen molar-refractivity contribution in [1.29, 1.82) is 0 Å². The molecule has 0 aromatic carbocycles. The molecule has 0 aliphatic heterocycles. The van der Waals surface area contributed by atoms with Gasteiger partial charge in [0.05, 0.1) is 6.20 Å². The monoisotopic (exact) mass is 260 g/mol. The highest BCUT2D eigenvalue weighted by atomic mass is 35.5. The fraction of sp³-hybridized carbons (Fsp3) is 0.750. The molecule has 4 heteroatoms. The highest BCUT2D eigenvalue weighted by molar-refractivity contribution is 7.15. The molecule has 1 rings (SSSR count). The van der Waals surface area contributed by atoms with Gasteiger partial charge >= 0.3 is 0 Å². The lowest BCUT2D eigenvalue weighted by Crippen LogP contribution is -2.14. The fourth-order valence-corrected chi connectivity index (χ4v) is 2.52. The Bertz CT molecular complexity index is 276. The molecule has 16 heavy (non-hydrogen) atoms. The number of nitrogens with one attached hydrogen (secondary N) is 1. The molecular weight excluding hydrogens is 240 g/mol. The van der Waals surface area contributed by atoms with Gasteiger partial charge in [-0.25, -0.2) is 4.98 Å². The molecule has 0 unspecified atom stereocenters. The first-order valence-corrected chi connectivity index (χ1v) is 7.33. The third kappa shape index (κ3) is 6.46. The number of hydrogen-bond acceptors (Lipinski definition) is 3. The third-order valence-corrected chi connectivity index (χ3v) is 3.62. The van der Waals surface area contributed by atoms with Crippen LogP contribution in [0.1, 0.15) is 50.5 Å². The van der Waals surface area contributed by atoms with Crippen molar-refractivity contribution in [3.8, 4) is 0 Å². The van der Waals surface area contributed by atoms with Crippen molar-refractivity contribution >= 4 is 22.9 Å². The van der Waals surface area contributed by atoms with Crippen molar-refractivity contribution < 1.29 is 0 Å². The first kappa shape index (κ1) is 13.9. The molecule has 1 aromatic rings. The molecule has 1 N–H and O–H groups in total. The average molecular weight is 261 g/mol. The maximum atomic E-state index is 5.80. The fourth-order valence-electron chi connectivity index (χ4n) is 1.60. The summed E-state index contributed by atoms with van der Waals surface area (Å²) in [7, 11) is 0. The highest BCUT2D eigenvalue weighted by Gasteiger charge is 1.98. The van der Waals surface area contributed by atoms with Crippen LogP contribution in [0, 0.1) is 0 Å². The minimum Gasteiger partial charge on any atom is -0.310 e. The van der Waals surface area contributed by atoms with Gasteiger partial charge in [-0.2, -0.15) is 0 Å². The molecule has 0 fully saturated rings. The Morgan fingerprint density at radius 3 is 2.69 bits per heavy atom. The van der Waals surface area contributed by atoms with Crippen LogP contribution in [0.15, 0.2) is 6.20 Å². The Labute approximate surface area is 107 Å². The van der Waals surface area contributed by atoms with E-state index >= 15 is 0 Å². The zero-order valence-corrected chi connectivity index (χ0v) is 11.5. The number of aromatic nitrogens is 1. The molecule has 92 valence electrons. The van der Waals surface area contributed by atoms with E-state index in [9.17, 15) is 0 Å². The van der Waals surface area contributed by atoms with Gasteiger partial charge in [0.1, 0.15) is 9.34 Å². The van der Waals surface area contributed by atoms with E-state index in [4.69, 9.17) is 11.6 Å². The largest absolute Gasteiger partial charge is 0.310 e. The maximum absolute atomic E-state index is 5.80. The molecule has 0 aliphatic carbocycles. The van der Waals surface area contributed by atoms with Crippen LogP contribution in [0.25, 0.3) is 0 Å². The van der Waals surface area contributed by atoms with E-state index in [-0.39, 0.29) is 0 Å². The first-order chi connectivity index (χ1) is 7.83. The van der Waals surface area contributed by atoms with Crippen LogP contribution in [0.5, 0.6) is 0 Å². The van der Waals surface area contributed by atoms with E-state index in [1.807, 2.05) is 0 Å². The van der Waals surface area contributed by atoms with Crippen LogP contribution < -0.4 is 5.32 Å². The minimum atomic E-state index is 0.774. The van der Waals surface area contributed by atoms with Crippen molar-refractivity contribution in [1.82, 2.24) is 10.3 Å². The summed E-state index contributed by atoms with van der Waals surface area (Å²) in [6, 6.07) is 0. The molecule has 0 spiro atoms. The van der Waals surface area contributed by atoms with Gasteiger partial charge in [-0.05, 0) is 13.0 Å². The summed E-state index contributed by atoms with van der Waals surface area (Å²) < 4.78 is 0.774. The number of halogens is 1. The summed E-state index contributed by atoms with van der Waals surface area (Å²) in [6.45, 7) is 4.19. The summed E-state index contributed by atoms with van der Waals surface area (Å²) in [4.78, 5) is 4.20. The van der Waals surface area contributed by atoms with Crippen molar-refractivity contribution in [2.45, 2.75) is 52.0 Å². The number of hydrogen-bond donors (Lipinski definition) is 1. The van der Waals surface area contributed by atoms with E-state index in [0.717, 1.165) is 22.4 Å². The van der Waals surface area contributed by atoms with Crippen LogP contribution in [0.3, 0.4) is 0 Å². The highest BCUT2D eigenvalue weighted by Crippen LogP contribution is 2.17. The van der Waals surface area contributed by atoms with Gasteiger partial charge in [0.15, 0.2) is 0 Å². The normalized spacial score (nSPS) is 10.9. The second-order valence-corrected chi connectivity index (χ2v) is 5.75. The van der Waals surface area contributed by atoms with Gasteiger partial charge in [0.2, 0.25) is 0 Å². The summed E-state index contributed by atoms with van der Waals surface area (Å²) >= 11 is 7.35. The molecule has 0 amide bonds. The van der Waals surface area contributed by atoms with Crippen LogP contribution >= 0.6 is 22.9 Å². The van der Waals surface area contributed by atoms with Crippen molar-refractivity contribution in [2.75, 3.05) is 6.54 Å². The standard InChI is InChI=1S/C12H21ClN2S/c1-2-3-4-5-6-7-8-14-10-12-15-9-11(13)16-12/h9,14H,2-8,10H2,1H3. The number of nitrogens with zero attached hydrogens (tertiary/aromatic N) is 1. The quantitative estimate of drug-likeness (QED) is 0.672. The maximum Gasteiger partial charge on any atom is 0.113 e. The summed E-state index contributed by atoms with van der Waals surface area (Å²) in [5.41, 5.74) is 0. The SMILES string of the molecule is CCCCCCCCNCc1ncc(Cl)s1. The zero-order chi connectivity index (χ0) is 11.6. The third-order valence-electron chi connectivity index (χ3n) is 2.51. The van der Waals surface area contributed by atoms with Crippen molar-refractivity contribution in [2.24, 2.45) is 0 Å². The number of thiazole rings is 1. The first-order valence-electron chi connectivity index (χ1n) is 6.14. The van der Waals surface area contributed by atoms with Crippen molar-refractivity contribution in [3.63, 3.8) is 0 Å². The molecule has 1 aromatic heterocycles. The number of rotatable bonds is 9. The number of unbranched alkanes of at least 4 members (excludes halogenated alkanes) is 5. The second kappa shape index (κ2) is 8.97. The second-order valence-electron chi connectivity index (χ2n) is 4.00. The molecule has 0 radical (unpaired) electrons. The minimum absolute atomic E-state index is 0.774. The van der Waals surface area contributed by atoms with E-state index in [1.54, 1.807) is 17.5 Å². The molecular formula is C12H21ClN2S. The summed E-state index contributed by atoms with van der Waals surface area (Å²) in [6.07, 6.45) is 9.79. The molecule has 0 aliphatic rings. The predicted octanol–water partition coefficient (Wildman–Crippen LogP) is 4.25. The molecule has 0 atom stereocenters. The lowest BCUT2D eigenvalue weighted by molar-refractivity contribution is 0.571. The van der Waals surface area contributed by atoms with Gasteiger partial charge < -0.3 is 5.32 Å². The Balaban J connectivity index is 1.88. The van der Waals surface area contributed by atoms with Crippen LogP contribution in [0.4, 0.5) is 0 Å². The van der Waals surface area contributed by atoms with Gasteiger partial charge in [-0.1, -0.05) is 50.6 Å². The Morgan fingerprint density at radius 1 is 1.25 bits per heavy atom. The van der Waals surface area contributed by atoms with Gasteiger partial charge in [0.25, 0.3) is 0 Å². The molecule has 2 nitrogen and oxygen atoms in total. The van der Waals surface area contributed by atoms with E-state index in [1.165, 1.54) is 38.5 Å². The summed E-state index contributed by atoms with van der Waals surface area (Å²) in [5.74, 6) is 0. The van der Waals surface area contributed by atoms with Crippen LogP contribution in [0.2, 0.25) is 4.34 Å². The predicted molar refractivity (Wildman–Crippen MR) is 72.2 cm³/mol. The lowest BCUT2D eigenvalue weighted by Gasteiger charge is -2.02. The van der Waals surface area contributed by atoms with Gasteiger partial charge in [-0.15, -0.1) is 11.3 Å². The molecule has 0 saturated heterocycles. The van der Waals surface area contributed by atoms with E-state index in [0.29, 0.717) is 0 Å². The molecule has 1 heterocycles. The molecule has 0 saturated carbocycles. The Hall–Kier alpha value is -0.120. The lowest BCUT2D eigenvalue weighted by atomic mass is 10.1. The average Bonchev–Trinajstić information content (AvgIpc) is 2.68. The summed E-state index contributed by atoms with van der Waals surface area (Å²) in [5, 5.41) is 4.47. The van der Waals surface area contributed by atoms with Crippen molar-refractivity contribution in [3.05, 3.63) is 15.5 Å². The zero-order valence-electron chi connectivity index (χ0n) is 9.97. The van der Waals surface area contributed by atoms with Gasteiger partial charge in [0, 0.05) is 6.54 Å². The van der Waals surface area contributed by atoms with E-state index < -0.39 is 0 Å². The Kier molecular flexibility index (Phi) is 7.81. The van der Waals surface area contributed by atoms with E-state index in [2.05, 4.69) is 17.2 Å². The van der Waals surface area contributed by atoms with Gasteiger partial charge in [-0.3, -0.25) is 0 Å². The van der Waals surface area contributed by atoms with Crippen LogP contribution in [-0.2, 0) is 6.54 Å².